The van der Waals surface area contributed by atoms with E-state index in [1.54, 1.807) is 6.07 Å². The molecule has 0 aliphatic carbocycles. The Morgan fingerprint density at radius 2 is 2.00 bits per heavy atom. The first-order chi connectivity index (χ1) is 9.97. The Kier molecular flexibility index (Phi) is 3.17. The molecule has 21 heavy (non-hydrogen) atoms. The van der Waals surface area contributed by atoms with Crippen LogP contribution in [0.15, 0.2) is 45.7 Å². The first-order valence-corrected chi connectivity index (χ1v) is 7.01. The number of carbonyl (C=O) groups is 1. The van der Waals surface area contributed by atoms with E-state index in [-0.39, 0.29) is 11.3 Å². The summed E-state index contributed by atoms with van der Waals surface area (Å²) in [4.78, 5) is 26.0. The third kappa shape index (κ3) is 2.27. The molecule has 1 heterocycles. The summed E-state index contributed by atoms with van der Waals surface area (Å²) in [6.45, 7) is 1.95. The van der Waals surface area contributed by atoms with E-state index in [9.17, 15) is 9.59 Å². The molecule has 0 aliphatic rings. The van der Waals surface area contributed by atoms with Gasteiger partial charge < -0.3 is 10.1 Å². The van der Waals surface area contributed by atoms with Gasteiger partial charge in [0, 0.05) is 4.47 Å². The summed E-state index contributed by atoms with van der Waals surface area (Å²) >= 11 is 3.45. The molecule has 2 N–H and O–H groups in total. The summed E-state index contributed by atoms with van der Waals surface area (Å²) in [5, 5.41) is 9.10. The Labute approximate surface area is 128 Å². The number of hydrogen-bond acceptors (Lipinski definition) is 2. The van der Waals surface area contributed by atoms with Crippen molar-refractivity contribution >= 4 is 32.9 Å². The van der Waals surface area contributed by atoms with Crippen molar-refractivity contribution in [2.75, 3.05) is 0 Å². The standard InChI is InChI=1S/C15H11BrN2O3/c1-8-2-5-12(10(16)6-8)18-13-7-9(14(19)20)3-4-11(13)17-15(18)21/h2-7H,1H3,(H,17,21)(H,19,20). The number of imidazole rings is 1. The quantitative estimate of drug-likeness (QED) is 0.748. The zero-order valence-electron chi connectivity index (χ0n) is 11.1. The van der Waals surface area contributed by atoms with Crippen molar-refractivity contribution in [2.24, 2.45) is 0 Å². The maximum atomic E-state index is 12.2. The predicted octanol–water partition coefficient (Wildman–Crippen LogP) is 3.09. The maximum absolute atomic E-state index is 12.2. The number of carboxylic acids is 1. The van der Waals surface area contributed by atoms with Crippen molar-refractivity contribution in [3.63, 3.8) is 0 Å². The van der Waals surface area contributed by atoms with Gasteiger partial charge in [-0.2, -0.15) is 0 Å². The highest BCUT2D eigenvalue weighted by Crippen LogP contribution is 2.25. The number of aromatic amines is 1. The molecule has 0 atom stereocenters. The first-order valence-electron chi connectivity index (χ1n) is 6.22. The molecule has 3 aromatic rings. The Morgan fingerprint density at radius 1 is 1.24 bits per heavy atom. The molecule has 5 nitrogen and oxygen atoms in total. The fourth-order valence-corrected chi connectivity index (χ4v) is 2.94. The van der Waals surface area contributed by atoms with Crippen molar-refractivity contribution in [2.45, 2.75) is 6.92 Å². The van der Waals surface area contributed by atoms with Crippen LogP contribution >= 0.6 is 15.9 Å². The largest absolute Gasteiger partial charge is 0.478 e. The zero-order valence-corrected chi connectivity index (χ0v) is 12.6. The monoisotopic (exact) mass is 346 g/mol. The van der Waals surface area contributed by atoms with E-state index in [1.165, 1.54) is 16.7 Å². The Hall–Kier alpha value is -2.34. The van der Waals surface area contributed by atoms with Gasteiger partial charge in [0.15, 0.2) is 0 Å². The number of nitrogens with zero attached hydrogens (tertiary/aromatic N) is 1. The van der Waals surface area contributed by atoms with Crippen LogP contribution in [0.2, 0.25) is 0 Å². The van der Waals surface area contributed by atoms with Crippen LogP contribution in [0.25, 0.3) is 16.7 Å². The number of benzene rings is 2. The molecule has 1 aromatic heterocycles. The van der Waals surface area contributed by atoms with E-state index in [0.29, 0.717) is 16.7 Å². The third-order valence-corrected chi connectivity index (χ3v) is 3.91. The minimum Gasteiger partial charge on any atom is -0.478 e. The molecular weight excluding hydrogens is 336 g/mol. The average Bonchev–Trinajstić information content (AvgIpc) is 2.74. The molecule has 0 fully saturated rings. The van der Waals surface area contributed by atoms with Crippen LogP contribution < -0.4 is 5.69 Å². The maximum Gasteiger partial charge on any atom is 0.335 e. The average molecular weight is 347 g/mol. The molecule has 0 saturated heterocycles. The smallest absolute Gasteiger partial charge is 0.335 e. The summed E-state index contributed by atoms with van der Waals surface area (Å²) in [7, 11) is 0. The topological polar surface area (TPSA) is 75.1 Å². The second-order valence-electron chi connectivity index (χ2n) is 4.76. The van der Waals surface area contributed by atoms with Gasteiger partial charge in [-0.3, -0.25) is 4.57 Å². The van der Waals surface area contributed by atoms with Gasteiger partial charge in [0.25, 0.3) is 0 Å². The van der Waals surface area contributed by atoms with E-state index in [4.69, 9.17) is 5.11 Å². The van der Waals surface area contributed by atoms with Gasteiger partial charge in [-0.05, 0) is 58.7 Å². The molecular formula is C15H11BrN2O3. The Balaban J connectivity index is 2.35. The number of fused-ring (bicyclic) bond motifs is 1. The van der Waals surface area contributed by atoms with Crippen LogP contribution in [0.4, 0.5) is 0 Å². The Bertz CT molecular complexity index is 924. The van der Waals surface area contributed by atoms with E-state index >= 15 is 0 Å². The number of aryl methyl sites for hydroxylation is 1. The lowest BCUT2D eigenvalue weighted by Gasteiger charge is -2.07. The van der Waals surface area contributed by atoms with Gasteiger partial charge >= 0.3 is 11.7 Å². The fourth-order valence-electron chi connectivity index (χ4n) is 2.27. The van der Waals surface area contributed by atoms with Crippen molar-refractivity contribution in [3.05, 3.63) is 62.5 Å². The van der Waals surface area contributed by atoms with Gasteiger partial charge in [0.05, 0.1) is 22.3 Å². The lowest BCUT2D eigenvalue weighted by atomic mass is 10.2. The van der Waals surface area contributed by atoms with E-state index in [2.05, 4.69) is 20.9 Å². The first kappa shape index (κ1) is 13.6. The number of hydrogen-bond donors (Lipinski definition) is 2. The van der Waals surface area contributed by atoms with Gasteiger partial charge in [0.2, 0.25) is 0 Å². The second kappa shape index (κ2) is 4.89. The number of halogens is 1. The SMILES string of the molecule is Cc1ccc(-n2c(=O)[nH]c3ccc(C(=O)O)cc32)c(Br)c1. The summed E-state index contributed by atoms with van der Waals surface area (Å²) in [6.07, 6.45) is 0. The van der Waals surface area contributed by atoms with Gasteiger partial charge in [-0.1, -0.05) is 6.07 Å². The molecule has 106 valence electrons. The number of H-pyrrole nitrogens is 1. The Morgan fingerprint density at radius 3 is 2.67 bits per heavy atom. The summed E-state index contributed by atoms with van der Waals surface area (Å²) in [5.41, 5.74) is 2.68. The van der Waals surface area contributed by atoms with Crippen molar-refractivity contribution in [1.82, 2.24) is 9.55 Å². The molecule has 0 radical (unpaired) electrons. The number of aromatic nitrogens is 2. The van der Waals surface area contributed by atoms with Crippen LogP contribution in [0.1, 0.15) is 15.9 Å². The van der Waals surface area contributed by atoms with Crippen LogP contribution in [-0.4, -0.2) is 20.6 Å². The minimum absolute atomic E-state index is 0.137. The molecule has 0 bridgehead atoms. The minimum atomic E-state index is -1.03. The fraction of sp³-hybridized carbons (Fsp3) is 0.0667. The van der Waals surface area contributed by atoms with E-state index < -0.39 is 5.97 Å². The normalized spacial score (nSPS) is 11.0. The number of carboxylic acid groups (broad SMARTS) is 1. The third-order valence-electron chi connectivity index (χ3n) is 3.27. The van der Waals surface area contributed by atoms with Crippen LogP contribution in [0.3, 0.4) is 0 Å². The van der Waals surface area contributed by atoms with E-state index in [0.717, 1.165) is 10.0 Å². The lowest BCUT2D eigenvalue weighted by molar-refractivity contribution is 0.0697. The molecule has 0 amide bonds. The molecule has 0 saturated carbocycles. The highest BCUT2D eigenvalue weighted by atomic mass is 79.9. The summed E-state index contributed by atoms with van der Waals surface area (Å²) < 4.78 is 2.23. The van der Waals surface area contributed by atoms with E-state index in [1.807, 2.05) is 25.1 Å². The number of rotatable bonds is 2. The van der Waals surface area contributed by atoms with Gasteiger partial charge in [-0.15, -0.1) is 0 Å². The molecule has 0 spiro atoms. The molecule has 6 heteroatoms. The highest BCUT2D eigenvalue weighted by molar-refractivity contribution is 9.10. The summed E-state index contributed by atoms with van der Waals surface area (Å²) in [6, 6.07) is 10.2. The van der Waals surface area contributed by atoms with Crippen molar-refractivity contribution in [1.29, 1.82) is 0 Å². The number of aromatic carboxylic acids is 1. The van der Waals surface area contributed by atoms with Gasteiger partial charge in [-0.25, -0.2) is 9.59 Å². The van der Waals surface area contributed by atoms with Crippen molar-refractivity contribution < 1.29 is 9.90 Å². The molecule has 2 aromatic carbocycles. The second-order valence-corrected chi connectivity index (χ2v) is 5.61. The van der Waals surface area contributed by atoms with Crippen LogP contribution in [-0.2, 0) is 0 Å². The lowest BCUT2D eigenvalue weighted by Crippen LogP contribution is -2.15. The van der Waals surface area contributed by atoms with Crippen LogP contribution in [0.5, 0.6) is 0 Å². The van der Waals surface area contributed by atoms with Crippen LogP contribution in [0, 0.1) is 6.92 Å². The number of nitrogens with one attached hydrogen (secondary N) is 1. The molecule has 0 unspecified atom stereocenters. The molecule has 3 rings (SSSR count). The highest BCUT2D eigenvalue weighted by Gasteiger charge is 2.13. The summed E-state index contributed by atoms with van der Waals surface area (Å²) in [5.74, 6) is -1.03. The predicted molar refractivity (Wildman–Crippen MR) is 83.3 cm³/mol. The molecule has 0 aliphatic heterocycles. The van der Waals surface area contributed by atoms with Crippen molar-refractivity contribution in [3.8, 4) is 5.69 Å². The zero-order chi connectivity index (χ0) is 15.1. The van der Waals surface area contributed by atoms with Gasteiger partial charge in [0.1, 0.15) is 0 Å².